The minimum absolute atomic E-state index is 0.147. The van der Waals surface area contributed by atoms with Crippen molar-refractivity contribution >= 4 is 5.69 Å². The van der Waals surface area contributed by atoms with Gasteiger partial charge in [0.25, 0.3) is 0 Å². The molecule has 0 unspecified atom stereocenters. The van der Waals surface area contributed by atoms with E-state index >= 15 is 0 Å². The maximum atomic E-state index is 9.24. The molecule has 0 spiro atoms. The van der Waals surface area contributed by atoms with E-state index in [1.165, 1.54) is 5.56 Å². The Morgan fingerprint density at radius 3 is 2.69 bits per heavy atom. The summed E-state index contributed by atoms with van der Waals surface area (Å²) >= 11 is 0. The molecule has 0 radical (unpaired) electrons. The van der Waals surface area contributed by atoms with Gasteiger partial charge in [-0.05, 0) is 24.1 Å². The fourth-order valence-electron chi connectivity index (χ4n) is 2.40. The second-order valence-electron chi connectivity index (χ2n) is 4.40. The number of nitrogens with zero attached hydrogens (tertiary/aromatic N) is 2. The van der Waals surface area contributed by atoms with Gasteiger partial charge in [-0.3, -0.25) is 0 Å². The third kappa shape index (κ3) is 1.59. The molecule has 0 saturated carbocycles. The Kier molecular flexibility index (Phi) is 2.70. The molecule has 2 rings (SSSR count). The van der Waals surface area contributed by atoms with Crippen LogP contribution < -0.4 is 4.90 Å². The van der Waals surface area contributed by atoms with Gasteiger partial charge in [-0.1, -0.05) is 31.2 Å². The molecule has 2 nitrogen and oxygen atoms in total. The number of fused-ring (bicyclic) bond motifs is 1. The lowest BCUT2D eigenvalue weighted by atomic mass is 9.98. The SMILES string of the molecule is CC1=C[C@@H](C)c2ccccc2N(C)[C@H]1C#N. The summed E-state index contributed by atoms with van der Waals surface area (Å²) in [6.45, 7) is 4.21. The summed E-state index contributed by atoms with van der Waals surface area (Å²) in [5.41, 5.74) is 3.59. The van der Waals surface area contributed by atoms with E-state index in [0.717, 1.165) is 11.3 Å². The molecule has 2 heteroatoms. The highest BCUT2D eigenvalue weighted by atomic mass is 15.1. The van der Waals surface area contributed by atoms with Crippen molar-refractivity contribution in [3.8, 4) is 6.07 Å². The summed E-state index contributed by atoms with van der Waals surface area (Å²) in [6, 6.07) is 10.5. The molecular weight excluding hydrogens is 196 g/mol. The van der Waals surface area contributed by atoms with Gasteiger partial charge in [-0.25, -0.2) is 0 Å². The van der Waals surface area contributed by atoms with Gasteiger partial charge in [0, 0.05) is 18.7 Å². The van der Waals surface area contributed by atoms with Gasteiger partial charge in [-0.2, -0.15) is 5.26 Å². The number of allylic oxidation sites excluding steroid dienone is 1. The quantitative estimate of drug-likeness (QED) is 0.618. The van der Waals surface area contributed by atoms with Gasteiger partial charge in [-0.15, -0.1) is 0 Å². The molecule has 0 aliphatic carbocycles. The topological polar surface area (TPSA) is 27.0 Å². The van der Waals surface area contributed by atoms with E-state index < -0.39 is 0 Å². The number of nitriles is 1. The lowest BCUT2D eigenvalue weighted by Gasteiger charge is -2.25. The number of hydrogen-bond donors (Lipinski definition) is 0. The monoisotopic (exact) mass is 212 g/mol. The lowest BCUT2D eigenvalue weighted by molar-refractivity contribution is 0.861. The Morgan fingerprint density at radius 1 is 1.31 bits per heavy atom. The van der Waals surface area contributed by atoms with Gasteiger partial charge >= 0.3 is 0 Å². The van der Waals surface area contributed by atoms with Gasteiger partial charge in [0.15, 0.2) is 0 Å². The number of hydrogen-bond acceptors (Lipinski definition) is 2. The first kappa shape index (κ1) is 10.8. The van der Waals surface area contributed by atoms with Crippen LogP contribution >= 0.6 is 0 Å². The second kappa shape index (κ2) is 4.02. The van der Waals surface area contributed by atoms with Crippen LogP contribution in [0.2, 0.25) is 0 Å². The zero-order valence-electron chi connectivity index (χ0n) is 9.94. The number of para-hydroxylation sites is 1. The molecule has 1 aromatic carbocycles. The molecule has 82 valence electrons. The third-order valence-electron chi connectivity index (χ3n) is 3.26. The van der Waals surface area contributed by atoms with Crippen molar-refractivity contribution < 1.29 is 0 Å². The molecule has 0 bridgehead atoms. The number of likely N-dealkylation sites (N-methyl/N-ethyl adjacent to an activating group) is 1. The summed E-state index contributed by atoms with van der Waals surface area (Å²) in [5.74, 6) is 0.372. The van der Waals surface area contributed by atoms with Crippen LogP contribution in [0, 0.1) is 11.3 Å². The van der Waals surface area contributed by atoms with Gasteiger partial charge < -0.3 is 4.90 Å². The maximum absolute atomic E-state index is 9.24. The van der Waals surface area contributed by atoms with Crippen LogP contribution in [-0.2, 0) is 0 Å². The normalized spacial score (nSPS) is 24.1. The van der Waals surface area contributed by atoms with E-state index in [0.29, 0.717) is 5.92 Å². The molecule has 0 N–H and O–H groups in total. The van der Waals surface area contributed by atoms with E-state index in [4.69, 9.17) is 0 Å². The first-order valence-corrected chi connectivity index (χ1v) is 5.55. The molecule has 16 heavy (non-hydrogen) atoms. The largest absolute Gasteiger partial charge is 0.355 e. The Bertz CT molecular complexity index is 468. The number of benzene rings is 1. The average molecular weight is 212 g/mol. The van der Waals surface area contributed by atoms with E-state index in [1.54, 1.807) is 0 Å². The van der Waals surface area contributed by atoms with Gasteiger partial charge in [0.2, 0.25) is 0 Å². The minimum atomic E-state index is -0.147. The number of anilines is 1. The van der Waals surface area contributed by atoms with Crippen molar-refractivity contribution in [3.05, 3.63) is 41.5 Å². The third-order valence-corrected chi connectivity index (χ3v) is 3.26. The summed E-state index contributed by atoms with van der Waals surface area (Å²) in [5, 5.41) is 9.24. The highest BCUT2D eigenvalue weighted by Gasteiger charge is 2.24. The number of rotatable bonds is 0. The smallest absolute Gasteiger partial charge is 0.138 e. The second-order valence-corrected chi connectivity index (χ2v) is 4.40. The van der Waals surface area contributed by atoms with Gasteiger partial charge in [0.1, 0.15) is 6.04 Å². The van der Waals surface area contributed by atoms with Crippen molar-refractivity contribution in [2.75, 3.05) is 11.9 Å². The molecule has 0 saturated heterocycles. The van der Waals surface area contributed by atoms with Crippen molar-refractivity contribution in [2.45, 2.75) is 25.8 Å². The summed E-state index contributed by atoms with van der Waals surface area (Å²) in [7, 11) is 1.99. The molecule has 0 fully saturated rings. The van der Waals surface area contributed by atoms with E-state index in [9.17, 15) is 5.26 Å². The minimum Gasteiger partial charge on any atom is -0.355 e. The zero-order valence-corrected chi connectivity index (χ0v) is 9.94. The fourth-order valence-corrected chi connectivity index (χ4v) is 2.40. The van der Waals surface area contributed by atoms with Crippen molar-refractivity contribution in [3.63, 3.8) is 0 Å². The Morgan fingerprint density at radius 2 is 2.00 bits per heavy atom. The Labute approximate surface area is 96.8 Å². The predicted molar refractivity (Wildman–Crippen MR) is 66.4 cm³/mol. The molecule has 1 heterocycles. The molecule has 1 aromatic rings. The first-order valence-electron chi connectivity index (χ1n) is 5.55. The molecule has 1 aliphatic rings. The maximum Gasteiger partial charge on any atom is 0.138 e. The molecular formula is C14H16N2. The fraction of sp³-hybridized carbons (Fsp3) is 0.357. The molecule has 0 amide bonds. The van der Waals surface area contributed by atoms with Crippen LogP contribution in [-0.4, -0.2) is 13.1 Å². The van der Waals surface area contributed by atoms with Crippen molar-refractivity contribution in [1.82, 2.24) is 0 Å². The highest BCUT2D eigenvalue weighted by Crippen LogP contribution is 2.34. The van der Waals surface area contributed by atoms with E-state index in [1.807, 2.05) is 20.0 Å². The van der Waals surface area contributed by atoms with Crippen molar-refractivity contribution in [2.24, 2.45) is 0 Å². The van der Waals surface area contributed by atoms with Crippen LogP contribution in [0.4, 0.5) is 5.69 Å². The average Bonchev–Trinajstić information content (AvgIpc) is 2.37. The Balaban J connectivity index is 2.59. The van der Waals surface area contributed by atoms with Crippen LogP contribution in [0.1, 0.15) is 25.3 Å². The summed E-state index contributed by atoms with van der Waals surface area (Å²) in [4.78, 5) is 2.06. The summed E-state index contributed by atoms with van der Waals surface area (Å²) < 4.78 is 0. The molecule has 1 aliphatic heterocycles. The zero-order chi connectivity index (χ0) is 11.7. The predicted octanol–water partition coefficient (Wildman–Crippen LogP) is 3.08. The highest BCUT2D eigenvalue weighted by molar-refractivity contribution is 5.60. The van der Waals surface area contributed by atoms with E-state index in [-0.39, 0.29) is 6.04 Å². The van der Waals surface area contributed by atoms with Crippen LogP contribution in [0.15, 0.2) is 35.9 Å². The van der Waals surface area contributed by atoms with Crippen LogP contribution in [0.5, 0.6) is 0 Å². The van der Waals surface area contributed by atoms with Crippen LogP contribution in [0.3, 0.4) is 0 Å². The molecule has 0 aromatic heterocycles. The van der Waals surface area contributed by atoms with Crippen LogP contribution in [0.25, 0.3) is 0 Å². The Hall–Kier alpha value is -1.75. The summed E-state index contributed by atoms with van der Waals surface area (Å²) in [6.07, 6.45) is 2.19. The lowest BCUT2D eigenvalue weighted by Crippen LogP contribution is -2.30. The van der Waals surface area contributed by atoms with E-state index in [2.05, 4.69) is 42.2 Å². The molecule has 2 atom stereocenters. The van der Waals surface area contributed by atoms with Crippen molar-refractivity contribution in [1.29, 1.82) is 5.26 Å². The first-order chi connectivity index (χ1) is 7.65. The standard InChI is InChI=1S/C14H16N2/c1-10-8-11(2)14(9-15)16(3)13-7-5-4-6-12(10)13/h4-8,10,14H,1-3H3/t10-,14+/m1/s1. The van der Waals surface area contributed by atoms with Gasteiger partial charge in [0.05, 0.1) is 6.07 Å².